The summed E-state index contributed by atoms with van der Waals surface area (Å²) in [6.07, 6.45) is 16.3. The molecular formula is C17H36N2. The minimum absolute atomic E-state index is 0.670. The molecule has 1 atom stereocenters. The Morgan fingerprint density at radius 1 is 0.895 bits per heavy atom. The molecule has 0 aromatic rings. The van der Waals surface area contributed by atoms with Crippen molar-refractivity contribution >= 4 is 0 Å². The van der Waals surface area contributed by atoms with Crippen LogP contribution in [0.2, 0.25) is 0 Å². The predicted molar refractivity (Wildman–Crippen MR) is 85.5 cm³/mol. The first kappa shape index (κ1) is 17.0. The molecule has 1 unspecified atom stereocenters. The monoisotopic (exact) mass is 268 g/mol. The zero-order valence-corrected chi connectivity index (χ0v) is 13.4. The summed E-state index contributed by atoms with van der Waals surface area (Å²) in [5.74, 6) is 0. The van der Waals surface area contributed by atoms with Crippen molar-refractivity contribution < 1.29 is 0 Å². The third kappa shape index (κ3) is 7.94. The largest absolute Gasteiger partial charge is 0.302 e. The Morgan fingerprint density at radius 2 is 1.53 bits per heavy atom. The van der Waals surface area contributed by atoms with Gasteiger partial charge in [-0.15, -0.1) is 0 Å². The van der Waals surface area contributed by atoms with E-state index in [1.807, 2.05) is 0 Å². The van der Waals surface area contributed by atoms with Crippen molar-refractivity contribution in [3.05, 3.63) is 0 Å². The molecule has 1 aliphatic rings. The van der Waals surface area contributed by atoms with Crippen LogP contribution in [0, 0.1) is 0 Å². The lowest BCUT2D eigenvalue weighted by Crippen LogP contribution is -2.51. The van der Waals surface area contributed by atoms with Crippen LogP contribution in [0.25, 0.3) is 0 Å². The van der Waals surface area contributed by atoms with E-state index in [0.717, 1.165) is 0 Å². The molecule has 0 aromatic heterocycles. The molecule has 0 amide bonds. The normalized spacial score (nSPS) is 20.8. The average molecular weight is 268 g/mol. The molecule has 2 nitrogen and oxygen atoms in total. The van der Waals surface area contributed by atoms with Gasteiger partial charge in [0.15, 0.2) is 0 Å². The van der Waals surface area contributed by atoms with Crippen LogP contribution in [-0.4, -0.2) is 30.7 Å². The molecule has 0 bridgehead atoms. The highest BCUT2D eigenvalue weighted by Gasteiger charge is 2.19. The average Bonchev–Trinajstić information content (AvgIpc) is 2.46. The Labute approximate surface area is 121 Å². The van der Waals surface area contributed by atoms with E-state index < -0.39 is 0 Å². The van der Waals surface area contributed by atoms with Crippen LogP contribution in [0.15, 0.2) is 0 Å². The van der Waals surface area contributed by atoms with Crippen molar-refractivity contribution in [1.29, 1.82) is 0 Å². The van der Waals surface area contributed by atoms with E-state index >= 15 is 0 Å². The maximum atomic E-state index is 3.67. The summed E-state index contributed by atoms with van der Waals surface area (Å²) < 4.78 is 0. The minimum Gasteiger partial charge on any atom is -0.302 e. The highest BCUT2D eigenvalue weighted by Crippen LogP contribution is 2.14. The summed E-state index contributed by atoms with van der Waals surface area (Å²) >= 11 is 0. The van der Waals surface area contributed by atoms with E-state index in [9.17, 15) is 0 Å². The van der Waals surface area contributed by atoms with E-state index in [1.165, 1.54) is 90.3 Å². The smallest absolute Gasteiger partial charge is 0.0596 e. The van der Waals surface area contributed by atoms with Gasteiger partial charge in [-0.25, -0.2) is 0 Å². The van der Waals surface area contributed by atoms with E-state index in [4.69, 9.17) is 0 Å². The minimum atomic E-state index is 0.670. The Balaban J connectivity index is 1.89. The van der Waals surface area contributed by atoms with Gasteiger partial charge in [-0.05, 0) is 25.9 Å². The molecule has 0 radical (unpaired) electrons. The Kier molecular flexibility index (Phi) is 10.5. The molecule has 1 N–H and O–H groups in total. The molecule has 1 heterocycles. The third-order valence-electron chi connectivity index (χ3n) is 4.43. The van der Waals surface area contributed by atoms with E-state index in [0.29, 0.717) is 6.17 Å². The summed E-state index contributed by atoms with van der Waals surface area (Å²) in [4.78, 5) is 2.61. The van der Waals surface area contributed by atoms with Crippen LogP contribution >= 0.6 is 0 Å². The van der Waals surface area contributed by atoms with Crippen LogP contribution in [-0.2, 0) is 0 Å². The number of hydrogen-bond acceptors (Lipinski definition) is 2. The summed E-state index contributed by atoms with van der Waals surface area (Å²) in [5.41, 5.74) is 0. The van der Waals surface area contributed by atoms with E-state index in [1.54, 1.807) is 0 Å². The van der Waals surface area contributed by atoms with Gasteiger partial charge in [-0.1, -0.05) is 71.6 Å². The van der Waals surface area contributed by atoms with Gasteiger partial charge in [-0.3, -0.25) is 4.90 Å². The first-order chi connectivity index (χ1) is 9.38. The summed E-state index contributed by atoms with van der Waals surface area (Å²) in [6.45, 7) is 8.30. The second-order valence-electron chi connectivity index (χ2n) is 6.07. The van der Waals surface area contributed by atoms with Crippen LogP contribution in [0.4, 0.5) is 0 Å². The summed E-state index contributed by atoms with van der Waals surface area (Å²) in [5, 5.41) is 3.67. The Hall–Kier alpha value is -0.0800. The fourth-order valence-electron chi connectivity index (χ4n) is 3.15. The second-order valence-corrected chi connectivity index (χ2v) is 6.07. The molecule has 1 rings (SSSR count). The molecule has 0 aromatic carbocycles. The second kappa shape index (κ2) is 11.7. The number of nitrogens with one attached hydrogen (secondary N) is 1. The zero-order valence-electron chi connectivity index (χ0n) is 13.4. The molecule has 0 aliphatic carbocycles. The maximum absolute atomic E-state index is 3.67. The molecule has 0 saturated carbocycles. The molecule has 1 fully saturated rings. The van der Waals surface area contributed by atoms with Gasteiger partial charge in [-0.2, -0.15) is 0 Å². The quantitative estimate of drug-likeness (QED) is 0.553. The molecule has 114 valence electrons. The lowest BCUT2D eigenvalue weighted by Gasteiger charge is -2.35. The van der Waals surface area contributed by atoms with Gasteiger partial charge in [0.1, 0.15) is 0 Å². The number of unbranched alkanes of at least 4 members (excludes halogenated alkanes) is 8. The summed E-state index contributed by atoms with van der Waals surface area (Å²) in [7, 11) is 0. The Bertz CT molecular complexity index is 194. The molecule has 1 saturated heterocycles. The zero-order chi connectivity index (χ0) is 13.8. The van der Waals surface area contributed by atoms with Crippen LogP contribution < -0.4 is 5.32 Å². The summed E-state index contributed by atoms with van der Waals surface area (Å²) in [6, 6.07) is 0. The molecule has 2 heteroatoms. The van der Waals surface area contributed by atoms with Crippen LogP contribution in [0.3, 0.4) is 0 Å². The molecule has 1 aliphatic heterocycles. The fraction of sp³-hybridized carbons (Fsp3) is 1.00. The topological polar surface area (TPSA) is 15.3 Å². The van der Waals surface area contributed by atoms with Crippen LogP contribution in [0.1, 0.15) is 84.5 Å². The van der Waals surface area contributed by atoms with Gasteiger partial charge < -0.3 is 5.32 Å². The van der Waals surface area contributed by atoms with Gasteiger partial charge >= 0.3 is 0 Å². The fourth-order valence-corrected chi connectivity index (χ4v) is 3.15. The SMILES string of the molecule is CCCCCCCCCCCC1NCCCN1CC. The van der Waals surface area contributed by atoms with Crippen molar-refractivity contribution in [3.8, 4) is 0 Å². The van der Waals surface area contributed by atoms with Gasteiger partial charge in [0.2, 0.25) is 0 Å². The first-order valence-corrected chi connectivity index (χ1v) is 8.86. The molecule has 19 heavy (non-hydrogen) atoms. The highest BCUT2D eigenvalue weighted by atomic mass is 15.3. The van der Waals surface area contributed by atoms with Gasteiger partial charge in [0, 0.05) is 6.54 Å². The predicted octanol–water partition coefficient (Wildman–Crippen LogP) is 4.55. The number of rotatable bonds is 11. The number of nitrogens with zero attached hydrogens (tertiary/aromatic N) is 1. The Morgan fingerprint density at radius 3 is 2.16 bits per heavy atom. The van der Waals surface area contributed by atoms with Crippen molar-refractivity contribution in [2.45, 2.75) is 90.6 Å². The van der Waals surface area contributed by atoms with E-state index in [-0.39, 0.29) is 0 Å². The standard InChI is InChI=1S/C17H36N2/c1-3-5-6-7-8-9-10-11-12-14-17-18-15-13-16-19(17)4-2/h17-18H,3-16H2,1-2H3. The van der Waals surface area contributed by atoms with Crippen LogP contribution in [0.5, 0.6) is 0 Å². The highest BCUT2D eigenvalue weighted by molar-refractivity contribution is 4.74. The van der Waals surface area contributed by atoms with Crippen molar-refractivity contribution in [3.63, 3.8) is 0 Å². The van der Waals surface area contributed by atoms with Crippen molar-refractivity contribution in [2.75, 3.05) is 19.6 Å². The van der Waals surface area contributed by atoms with Crippen molar-refractivity contribution in [1.82, 2.24) is 10.2 Å². The number of hydrogen-bond donors (Lipinski definition) is 1. The van der Waals surface area contributed by atoms with Crippen molar-refractivity contribution in [2.24, 2.45) is 0 Å². The molecular weight excluding hydrogens is 232 g/mol. The lowest BCUT2D eigenvalue weighted by atomic mass is 10.0. The maximum Gasteiger partial charge on any atom is 0.0596 e. The lowest BCUT2D eigenvalue weighted by molar-refractivity contribution is 0.127. The first-order valence-electron chi connectivity index (χ1n) is 8.86. The van der Waals surface area contributed by atoms with Gasteiger partial charge in [0.05, 0.1) is 6.17 Å². The van der Waals surface area contributed by atoms with Gasteiger partial charge in [0.25, 0.3) is 0 Å². The van der Waals surface area contributed by atoms with E-state index in [2.05, 4.69) is 24.1 Å². The molecule has 0 spiro atoms. The third-order valence-corrected chi connectivity index (χ3v) is 4.43.